The Morgan fingerprint density at radius 3 is 2.24 bits per heavy atom. The summed E-state index contributed by atoms with van der Waals surface area (Å²) in [5.74, 6) is -0.0450. The summed E-state index contributed by atoms with van der Waals surface area (Å²) in [6.45, 7) is 7.14. The number of ether oxygens (including phenoxy) is 1. The molecule has 1 fully saturated rings. The number of amides is 1. The summed E-state index contributed by atoms with van der Waals surface area (Å²) in [4.78, 5) is 15.0. The van der Waals surface area contributed by atoms with Gasteiger partial charge in [0.05, 0.1) is 18.6 Å². The Bertz CT molecular complexity index is 718. The molecule has 0 saturated carbocycles. The maximum Gasteiger partial charge on any atom is 0.234 e. The summed E-state index contributed by atoms with van der Waals surface area (Å²) >= 11 is 0. The molecule has 0 atom stereocenters. The number of carbonyl (C=O) groups excluding carboxylic acids is 1. The van der Waals surface area contributed by atoms with Gasteiger partial charge < -0.3 is 20.7 Å². The van der Waals surface area contributed by atoms with Gasteiger partial charge in [-0.2, -0.15) is 0 Å². The molecule has 1 heterocycles. The van der Waals surface area contributed by atoms with Gasteiger partial charge in [-0.15, -0.1) is 0 Å². The Morgan fingerprint density at radius 2 is 1.64 bits per heavy atom. The van der Waals surface area contributed by atoms with Crippen LogP contribution in [0, 0.1) is 0 Å². The van der Waals surface area contributed by atoms with Crippen LogP contribution in [0.1, 0.15) is 19.4 Å². The molecule has 1 amide bonds. The molecule has 1 aliphatic rings. The van der Waals surface area contributed by atoms with E-state index in [4.69, 9.17) is 10.5 Å². The monoisotopic (exact) mass is 339 g/mol. The third-order valence-electron chi connectivity index (χ3n) is 4.70. The number of nitrogen functional groups attached to an aromatic ring is 1. The molecule has 2 aromatic carbocycles. The molecule has 132 valence electrons. The maximum atomic E-state index is 12.7. The molecule has 5 heteroatoms. The van der Waals surface area contributed by atoms with E-state index < -0.39 is 5.41 Å². The van der Waals surface area contributed by atoms with E-state index in [1.807, 2.05) is 62.4 Å². The van der Waals surface area contributed by atoms with Crippen molar-refractivity contribution in [2.24, 2.45) is 0 Å². The van der Waals surface area contributed by atoms with E-state index in [1.54, 1.807) is 0 Å². The van der Waals surface area contributed by atoms with Gasteiger partial charge in [-0.1, -0.05) is 12.1 Å². The molecular weight excluding hydrogens is 314 g/mol. The molecule has 1 aliphatic heterocycles. The van der Waals surface area contributed by atoms with Gasteiger partial charge in [-0.05, 0) is 55.8 Å². The van der Waals surface area contributed by atoms with Gasteiger partial charge in [0.15, 0.2) is 0 Å². The molecule has 1 saturated heterocycles. The third kappa shape index (κ3) is 3.94. The highest BCUT2D eigenvalue weighted by Gasteiger charge is 2.29. The first kappa shape index (κ1) is 17.3. The van der Waals surface area contributed by atoms with Crippen LogP contribution in [0.5, 0.6) is 0 Å². The maximum absolute atomic E-state index is 12.7. The highest BCUT2D eigenvalue weighted by Crippen LogP contribution is 2.26. The van der Waals surface area contributed by atoms with Gasteiger partial charge in [0.25, 0.3) is 0 Å². The molecule has 0 unspecified atom stereocenters. The number of carbonyl (C=O) groups is 1. The number of nitrogens with zero attached hydrogens (tertiary/aromatic N) is 1. The number of hydrogen-bond donors (Lipinski definition) is 2. The SMILES string of the molecule is CC(C)(C(=O)Nc1ccc(N2CCOCC2)cc1)c1ccc(N)cc1. The Balaban J connectivity index is 1.68. The summed E-state index contributed by atoms with van der Waals surface area (Å²) in [6.07, 6.45) is 0. The number of anilines is 3. The number of morpholine rings is 1. The van der Waals surface area contributed by atoms with Gasteiger partial charge in [0.2, 0.25) is 5.91 Å². The fourth-order valence-corrected chi connectivity index (χ4v) is 2.90. The summed E-state index contributed by atoms with van der Waals surface area (Å²) in [5.41, 5.74) is 8.67. The fourth-order valence-electron chi connectivity index (χ4n) is 2.90. The van der Waals surface area contributed by atoms with Gasteiger partial charge >= 0.3 is 0 Å². The Kier molecular flexibility index (Phi) is 4.95. The lowest BCUT2D eigenvalue weighted by Crippen LogP contribution is -2.36. The van der Waals surface area contributed by atoms with E-state index in [9.17, 15) is 4.79 Å². The van der Waals surface area contributed by atoms with Crippen LogP contribution in [0.4, 0.5) is 17.1 Å². The smallest absolute Gasteiger partial charge is 0.234 e. The van der Waals surface area contributed by atoms with Crippen LogP contribution in [0.25, 0.3) is 0 Å². The second-order valence-corrected chi connectivity index (χ2v) is 6.85. The molecule has 3 N–H and O–H groups in total. The van der Waals surface area contributed by atoms with E-state index in [1.165, 1.54) is 0 Å². The minimum absolute atomic E-state index is 0.0450. The second kappa shape index (κ2) is 7.15. The molecular formula is C20H25N3O2. The van der Waals surface area contributed by atoms with Gasteiger partial charge in [0.1, 0.15) is 0 Å². The van der Waals surface area contributed by atoms with Crippen molar-refractivity contribution < 1.29 is 9.53 Å². The van der Waals surface area contributed by atoms with Crippen LogP contribution in [0.3, 0.4) is 0 Å². The Labute approximate surface area is 148 Å². The minimum atomic E-state index is -0.642. The zero-order valence-corrected chi connectivity index (χ0v) is 14.8. The van der Waals surface area contributed by atoms with Crippen LogP contribution in [0.15, 0.2) is 48.5 Å². The quantitative estimate of drug-likeness (QED) is 0.840. The molecule has 0 aromatic heterocycles. The third-order valence-corrected chi connectivity index (χ3v) is 4.70. The molecule has 3 rings (SSSR count). The van der Waals surface area contributed by atoms with E-state index in [0.29, 0.717) is 5.69 Å². The van der Waals surface area contributed by atoms with Crippen molar-refractivity contribution in [1.82, 2.24) is 0 Å². The van der Waals surface area contributed by atoms with Crippen molar-refractivity contribution in [2.45, 2.75) is 19.3 Å². The predicted molar refractivity (Wildman–Crippen MR) is 102 cm³/mol. The number of hydrogen-bond acceptors (Lipinski definition) is 4. The van der Waals surface area contributed by atoms with Crippen LogP contribution in [-0.4, -0.2) is 32.2 Å². The minimum Gasteiger partial charge on any atom is -0.399 e. The molecule has 2 aromatic rings. The highest BCUT2D eigenvalue weighted by atomic mass is 16.5. The second-order valence-electron chi connectivity index (χ2n) is 6.85. The lowest BCUT2D eigenvalue weighted by Gasteiger charge is -2.29. The molecule has 0 radical (unpaired) electrons. The lowest BCUT2D eigenvalue weighted by atomic mass is 9.83. The van der Waals surface area contributed by atoms with Crippen molar-refractivity contribution in [1.29, 1.82) is 0 Å². The molecule has 5 nitrogen and oxygen atoms in total. The number of nitrogens with one attached hydrogen (secondary N) is 1. The Morgan fingerprint density at radius 1 is 1.04 bits per heavy atom. The van der Waals surface area contributed by atoms with E-state index in [0.717, 1.165) is 43.2 Å². The zero-order chi connectivity index (χ0) is 17.9. The van der Waals surface area contributed by atoms with Gasteiger partial charge in [-0.3, -0.25) is 4.79 Å². The van der Waals surface area contributed by atoms with Crippen LogP contribution in [0.2, 0.25) is 0 Å². The van der Waals surface area contributed by atoms with Crippen molar-refractivity contribution in [2.75, 3.05) is 42.3 Å². The number of nitrogens with two attached hydrogens (primary N) is 1. The van der Waals surface area contributed by atoms with Crippen molar-refractivity contribution in [3.63, 3.8) is 0 Å². The zero-order valence-electron chi connectivity index (χ0n) is 14.8. The molecule has 25 heavy (non-hydrogen) atoms. The first-order chi connectivity index (χ1) is 12.0. The lowest BCUT2D eigenvalue weighted by molar-refractivity contribution is -0.120. The first-order valence-electron chi connectivity index (χ1n) is 8.57. The number of benzene rings is 2. The van der Waals surface area contributed by atoms with E-state index in [2.05, 4.69) is 10.2 Å². The fraction of sp³-hybridized carbons (Fsp3) is 0.350. The normalized spacial score (nSPS) is 15.0. The average molecular weight is 339 g/mol. The number of rotatable bonds is 4. The summed E-state index contributed by atoms with van der Waals surface area (Å²) in [6, 6.07) is 15.4. The topological polar surface area (TPSA) is 67.6 Å². The van der Waals surface area contributed by atoms with Crippen LogP contribution >= 0.6 is 0 Å². The molecule has 0 spiro atoms. The van der Waals surface area contributed by atoms with E-state index in [-0.39, 0.29) is 5.91 Å². The van der Waals surface area contributed by atoms with Crippen molar-refractivity contribution in [3.8, 4) is 0 Å². The van der Waals surface area contributed by atoms with E-state index >= 15 is 0 Å². The summed E-state index contributed by atoms with van der Waals surface area (Å²) < 4.78 is 5.38. The van der Waals surface area contributed by atoms with Crippen LogP contribution in [-0.2, 0) is 14.9 Å². The largest absolute Gasteiger partial charge is 0.399 e. The van der Waals surface area contributed by atoms with Crippen molar-refractivity contribution in [3.05, 3.63) is 54.1 Å². The standard InChI is InChI=1S/C20H25N3O2/c1-20(2,15-3-5-16(21)6-4-15)19(24)22-17-7-9-18(10-8-17)23-11-13-25-14-12-23/h3-10H,11-14,21H2,1-2H3,(H,22,24). The summed E-state index contributed by atoms with van der Waals surface area (Å²) in [5, 5.41) is 3.01. The Hall–Kier alpha value is -2.53. The first-order valence-corrected chi connectivity index (χ1v) is 8.57. The molecule has 0 aliphatic carbocycles. The van der Waals surface area contributed by atoms with Crippen molar-refractivity contribution >= 4 is 23.0 Å². The summed E-state index contributed by atoms with van der Waals surface area (Å²) in [7, 11) is 0. The average Bonchev–Trinajstić information content (AvgIpc) is 2.63. The van der Waals surface area contributed by atoms with Gasteiger partial charge in [0, 0.05) is 30.2 Å². The van der Waals surface area contributed by atoms with Gasteiger partial charge in [-0.25, -0.2) is 0 Å². The highest BCUT2D eigenvalue weighted by molar-refractivity contribution is 5.98. The molecule has 0 bridgehead atoms. The van der Waals surface area contributed by atoms with Crippen LogP contribution < -0.4 is 16.0 Å². The predicted octanol–water partition coefficient (Wildman–Crippen LogP) is 3.02.